The molecule has 2 aromatic heterocycles. The molecule has 0 amide bonds. The van der Waals surface area contributed by atoms with Crippen molar-refractivity contribution in [3.05, 3.63) is 46.5 Å². The number of aromatic nitrogens is 2. The Morgan fingerprint density at radius 1 is 1.19 bits per heavy atom. The average molecular weight is 375 g/mol. The SMILES string of the molecule is Cc1nc(C)c2c(N)c(C(=O)OCCCOc3ccc(F)cc3)sc2n1. The third kappa shape index (κ3) is 3.91. The summed E-state index contributed by atoms with van der Waals surface area (Å²) in [4.78, 5) is 21.9. The summed E-state index contributed by atoms with van der Waals surface area (Å²) in [6.07, 6.45) is 0.506. The lowest BCUT2D eigenvalue weighted by atomic mass is 10.2. The minimum atomic E-state index is -0.482. The van der Waals surface area contributed by atoms with E-state index in [9.17, 15) is 9.18 Å². The number of benzene rings is 1. The monoisotopic (exact) mass is 375 g/mol. The van der Waals surface area contributed by atoms with Gasteiger partial charge in [0.1, 0.15) is 27.1 Å². The molecule has 0 spiro atoms. The van der Waals surface area contributed by atoms with Crippen LogP contribution < -0.4 is 10.5 Å². The quantitative estimate of drug-likeness (QED) is 0.523. The highest BCUT2D eigenvalue weighted by atomic mass is 32.1. The van der Waals surface area contributed by atoms with Crippen molar-refractivity contribution in [3.63, 3.8) is 0 Å². The van der Waals surface area contributed by atoms with E-state index in [1.54, 1.807) is 19.1 Å². The van der Waals surface area contributed by atoms with Gasteiger partial charge < -0.3 is 15.2 Å². The van der Waals surface area contributed by atoms with Crippen molar-refractivity contribution in [1.29, 1.82) is 0 Å². The Morgan fingerprint density at radius 3 is 2.65 bits per heavy atom. The minimum Gasteiger partial charge on any atom is -0.493 e. The molecular formula is C18H18FN3O3S. The maximum atomic E-state index is 12.8. The van der Waals surface area contributed by atoms with E-state index < -0.39 is 5.97 Å². The summed E-state index contributed by atoms with van der Waals surface area (Å²) in [5.74, 6) is 0.400. The van der Waals surface area contributed by atoms with Gasteiger partial charge in [-0.2, -0.15) is 0 Å². The summed E-state index contributed by atoms with van der Waals surface area (Å²) in [7, 11) is 0. The summed E-state index contributed by atoms with van der Waals surface area (Å²) in [6, 6.07) is 5.74. The van der Waals surface area contributed by atoms with Gasteiger partial charge in [-0.1, -0.05) is 0 Å². The molecule has 2 N–H and O–H groups in total. The predicted octanol–water partition coefficient (Wildman–Crippen LogP) is 3.66. The van der Waals surface area contributed by atoms with Crippen LogP contribution in [0.15, 0.2) is 24.3 Å². The van der Waals surface area contributed by atoms with Gasteiger partial charge in [-0.05, 0) is 38.1 Å². The van der Waals surface area contributed by atoms with Gasteiger partial charge in [-0.15, -0.1) is 11.3 Å². The summed E-state index contributed by atoms with van der Waals surface area (Å²) in [6.45, 7) is 4.17. The van der Waals surface area contributed by atoms with Gasteiger partial charge in [0.15, 0.2) is 0 Å². The Labute approximate surface area is 153 Å². The topological polar surface area (TPSA) is 87.3 Å². The van der Waals surface area contributed by atoms with E-state index in [1.807, 2.05) is 6.92 Å². The fraction of sp³-hybridized carbons (Fsp3) is 0.278. The second-order valence-electron chi connectivity index (χ2n) is 5.67. The Morgan fingerprint density at radius 2 is 1.92 bits per heavy atom. The number of nitrogen functional groups attached to an aromatic ring is 1. The maximum Gasteiger partial charge on any atom is 0.350 e. The van der Waals surface area contributed by atoms with Gasteiger partial charge in [-0.25, -0.2) is 19.2 Å². The number of aryl methyl sites for hydroxylation is 2. The number of carbonyl (C=O) groups is 1. The number of rotatable bonds is 6. The smallest absolute Gasteiger partial charge is 0.350 e. The molecular weight excluding hydrogens is 357 g/mol. The predicted molar refractivity (Wildman–Crippen MR) is 98.1 cm³/mol. The first-order valence-corrected chi connectivity index (χ1v) is 8.86. The number of halogens is 1. The molecule has 0 bridgehead atoms. The number of hydrogen-bond acceptors (Lipinski definition) is 7. The molecule has 0 atom stereocenters. The third-order valence-electron chi connectivity index (χ3n) is 3.67. The number of carbonyl (C=O) groups excluding carboxylic acids is 1. The number of esters is 1. The molecule has 0 radical (unpaired) electrons. The average Bonchev–Trinajstić information content (AvgIpc) is 2.93. The van der Waals surface area contributed by atoms with E-state index in [1.165, 1.54) is 23.5 Å². The van der Waals surface area contributed by atoms with Crippen LogP contribution in [0.25, 0.3) is 10.2 Å². The fourth-order valence-electron chi connectivity index (χ4n) is 2.49. The molecule has 2 heterocycles. The van der Waals surface area contributed by atoms with Crippen molar-refractivity contribution in [1.82, 2.24) is 9.97 Å². The number of fused-ring (bicyclic) bond motifs is 1. The number of nitrogens with zero attached hydrogens (tertiary/aromatic N) is 2. The van der Waals surface area contributed by atoms with E-state index in [2.05, 4.69) is 9.97 Å². The van der Waals surface area contributed by atoms with Crippen LogP contribution >= 0.6 is 11.3 Å². The van der Waals surface area contributed by atoms with Gasteiger partial charge >= 0.3 is 5.97 Å². The largest absolute Gasteiger partial charge is 0.493 e. The van der Waals surface area contributed by atoms with Crippen molar-refractivity contribution in [2.45, 2.75) is 20.3 Å². The summed E-state index contributed by atoms with van der Waals surface area (Å²) < 4.78 is 23.5. The van der Waals surface area contributed by atoms with Crippen molar-refractivity contribution >= 4 is 33.2 Å². The van der Waals surface area contributed by atoms with Crippen molar-refractivity contribution in [2.24, 2.45) is 0 Å². The second kappa shape index (κ2) is 7.65. The van der Waals surface area contributed by atoms with Crippen LogP contribution in [0, 0.1) is 19.7 Å². The number of hydrogen-bond donors (Lipinski definition) is 1. The lowest BCUT2D eigenvalue weighted by Crippen LogP contribution is -2.09. The summed E-state index contributed by atoms with van der Waals surface area (Å²) in [5, 5.41) is 0.701. The molecule has 0 saturated carbocycles. The molecule has 3 rings (SSSR count). The highest BCUT2D eigenvalue weighted by Gasteiger charge is 2.20. The fourth-order valence-corrected chi connectivity index (χ4v) is 3.58. The molecule has 3 aromatic rings. The lowest BCUT2D eigenvalue weighted by Gasteiger charge is -2.07. The van der Waals surface area contributed by atoms with Crippen LogP contribution in [0.5, 0.6) is 5.75 Å². The van der Waals surface area contributed by atoms with Gasteiger partial charge in [0.25, 0.3) is 0 Å². The first-order valence-electron chi connectivity index (χ1n) is 8.04. The Balaban J connectivity index is 1.55. The van der Waals surface area contributed by atoms with Crippen LogP contribution in [0.2, 0.25) is 0 Å². The van der Waals surface area contributed by atoms with E-state index >= 15 is 0 Å². The van der Waals surface area contributed by atoms with Crippen LogP contribution in [-0.2, 0) is 4.74 Å². The van der Waals surface area contributed by atoms with Crippen LogP contribution in [0.3, 0.4) is 0 Å². The number of thiophene rings is 1. The van der Waals surface area contributed by atoms with Crippen molar-refractivity contribution < 1.29 is 18.7 Å². The summed E-state index contributed by atoms with van der Waals surface area (Å²) >= 11 is 1.20. The molecule has 8 heteroatoms. The van der Waals surface area contributed by atoms with E-state index in [0.717, 1.165) is 5.69 Å². The zero-order valence-electron chi connectivity index (χ0n) is 14.4. The number of ether oxygens (including phenoxy) is 2. The molecule has 0 aliphatic rings. The first kappa shape index (κ1) is 18.1. The minimum absolute atomic E-state index is 0.192. The van der Waals surface area contributed by atoms with Crippen LogP contribution in [-0.4, -0.2) is 29.2 Å². The maximum absolute atomic E-state index is 12.8. The number of nitrogens with two attached hydrogens (primary N) is 1. The van der Waals surface area contributed by atoms with E-state index in [-0.39, 0.29) is 12.4 Å². The van der Waals surface area contributed by atoms with Crippen molar-refractivity contribution in [2.75, 3.05) is 18.9 Å². The second-order valence-corrected chi connectivity index (χ2v) is 6.67. The Bertz CT molecular complexity index is 941. The van der Waals surface area contributed by atoms with E-state index in [0.29, 0.717) is 45.4 Å². The Kier molecular flexibility index (Phi) is 5.32. The summed E-state index contributed by atoms with van der Waals surface area (Å²) in [5.41, 5.74) is 7.18. The normalized spacial score (nSPS) is 10.9. The third-order valence-corrected chi connectivity index (χ3v) is 4.75. The molecule has 0 saturated heterocycles. The van der Waals surface area contributed by atoms with Gasteiger partial charge in [0.05, 0.1) is 30.0 Å². The van der Waals surface area contributed by atoms with Crippen molar-refractivity contribution in [3.8, 4) is 5.75 Å². The molecule has 0 fully saturated rings. The van der Waals surface area contributed by atoms with Gasteiger partial charge in [0, 0.05) is 6.42 Å². The zero-order valence-corrected chi connectivity index (χ0v) is 15.2. The zero-order chi connectivity index (χ0) is 18.7. The molecule has 6 nitrogen and oxygen atoms in total. The lowest BCUT2D eigenvalue weighted by molar-refractivity contribution is 0.0493. The molecule has 1 aromatic carbocycles. The number of anilines is 1. The standard InChI is InChI=1S/C18H18FN3O3S/c1-10-14-15(20)16(26-17(14)22-11(2)21-10)18(23)25-9-3-8-24-13-6-4-12(19)5-7-13/h4-7H,3,8-9,20H2,1-2H3. The van der Waals surface area contributed by atoms with Gasteiger partial charge in [0.2, 0.25) is 0 Å². The van der Waals surface area contributed by atoms with Gasteiger partial charge in [-0.3, -0.25) is 0 Å². The highest BCUT2D eigenvalue weighted by Crippen LogP contribution is 2.34. The molecule has 0 unspecified atom stereocenters. The Hall–Kier alpha value is -2.74. The molecule has 136 valence electrons. The molecule has 0 aliphatic carbocycles. The molecule has 26 heavy (non-hydrogen) atoms. The first-order chi connectivity index (χ1) is 12.5. The van der Waals surface area contributed by atoms with E-state index in [4.69, 9.17) is 15.2 Å². The van der Waals surface area contributed by atoms with Crippen LogP contribution in [0.4, 0.5) is 10.1 Å². The van der Waals surface area contributed by atoms with Crippen LogP contribution in [0.1, 0.15) is 27.6 Å². The molecule has 0 aliphatic heterocycles. The highest BCUT2D eigenvalue weighted by molar-refractivity contribution is 7.21.